The van der Waals surface area contributed by atoms with Crippen LogP contribution in [0.4, 0.5) is 0 Å². The Morgan fingerprint density at radius 1 is 1.36 bits per heavy atom. The third-order valence-electron chi connectivity index (χ3n) is 1.90. The van der Waals surface area contributed by atoms with Gasteiger partial charge in [-0.2, -0.15) is 0 Å². The van der Waals surface area contributed by atoms with Gasteiger partial charge < -0.3 is 15.9 Å². The lowest BCUT2D eigenvalue weighted by Gasteiger charge is -2.13. The average Bonchev–Trinajstić information content (AvgIpc) is 2.11. The maximum absolute atomic E-state index is 9.75. The number of hydrogen-bond acceptors (Lipinski definition) is 3. The molecule has 1 aromatic rings. The van der Waals surface area contributed by atoms with Crippen molar-refractivity contribution in [2.45, 2.75) is 12.5 Å². The van der Waals surface area contributed by atoms with Gasteiger partial charge in [-0.25, -0.2) is 0 Å². The predicted molar refractivity (Wildman–Crippen MR) is 72.2 cm³/mol. The van der Waals surface area contributed by atoms with Crippen molar-refractivity contribution < 1.29 is 10.2 Å². The quantitative estimate of drug-likeness (QED) is 0.657. The number of phenolic OH excluding ortho intramolecular Hbond substituents is 1. The van der Waals surface area contributed by atoms with Crippen molar-refractivity contribution in [3.8, 4) is 5.75 Å². The van der Waals surface area contributed by atoms with Crippen molar-refractivity contribution in [2.75, 3.05) is 6.61 Å². The molecule has 14 heavy (non-hydrogen) atoms. The van der Waals surface area contributed by atoms with Gasteiger partial charge in [0.15, 0.2) is 0 Å². The van der Waals surface area contributed by atoms with E-state index < -0.39 is 0 Å². The van der Waals surface area contributed by atoms with E-state index in [1.807, 2.05) is 12.1 Å². The number of aliphatic hydroxyl groups is 1. The SMILES string of the molecule is N[C@@H](CCO)c1cc(I)cc(I)c1O. The minimum atomic E-state index is -0.303. The summed E-state index contributed by atoms with van der Waals surface area (Å²) < 4.78 is 1.83. The van der Waals surface area contributed by atoms with Crippen LogP contribution < -0.4 is 5.73 Å². The van der Waals surface area contributed by atoms with Crippen LogP contribution in [-0.2, 0) is 0 Å². The summed E-state index contributed by atoms with van der Waals surface area (Å²) in [4.78, 5) is 0. The highest BCUT2D eigenvalue weighted by molar-refractivity contribution is 14.1. The van der Waals surface area contributed by atoms with E-state index in [2.05, 4.69) is 45.2 Å². The lowest BCUT2D eigenvalue weighted by molar-refractivity contribution is 0.275. The zero-order chi connectivity index (χ0) is 10.7. The van der Waals surface area contributed by atoms with Gasteiger partial charge in [0, 0.05) is 21.8 Å². The van der Waals surface area contributed by atoms with Crippen LogP contribution in [0.25, 0.3) is 0 Å². The first-order valence-electron chi connectivity index (χ1n) is 4.10. The highest BCUT2D eigenvalue weighted by Crippen LogP contribution is 2.31. The van der Waals surface area contributed by atoms with Crippen LogP contribution in [0.5, 0.6) is 5.75 Å². The molecule has 4 N–H and O–H groups in total. The number of aromatic hydroxyl groups is 1. The van der Waals surface area contributed by atoms with Crippen LogP contribution in [0.3, 0.4) is 0 Å². The normalized spacial score (nSPS) is 12.9. The summed E-state index contributed by atoms with van der Waals surface area (Å²) >= 11 is 4.24. The molecule has 3 nitrogen and oxygen atoms in total. The van der Waals surface area contributed by atoms with Gasteiger partial charge in [0.05, 0.1) is 3.57 Å². The molecule has 78 valence electrons. The molecule has 0 spiro atoms. The Hall–Kier alpha value is 0.400. The molecule has 1 aromatic carbocycles. The Bertz CT molecular complexity index is 331. The molecule has 0 aliphatic heterocycles. The standard InChI is InChI=1S/C9H11I2NO2/c10-5-3-6(8(12)1-2-13)9(14)7(11)4-5/h3-4,8,13-14H,1-2,12H2/t8-/m0/s1. The van der Waals surface area contributed by atoms with Crippen molar-refractivity contribution in [1.29, 1.82) is 0 Å². The summed E-state index contributed by atoms with van der Waals surface area (Å²) in [5.41, 5.74) is 6.52. The van der Waals surface area contributed by atoms with Crippen molar-refractivity contribution in [2.24, 2.45) is 5.73 Å². The first-order chi connectivity index (χ1) is 6.56. The molecular weight excluding hydrogens is 408 g/mol. The Labute approximate surface area is 110 Å². The number of phenols is 1. The van der Waals surface area contributed by atoms with E-state index >= 15 is 0 Å². The van der Waals surface area contributed by atoms with Crippen molar-refractivity contribution >= 4 is 45.2 Å². The highest BCUT2D eigenvalue weighted by atomic mass is 127. The van der Waals surface area contributed by atoms with Gasteiger partial charge in [0.1, 0.15) is 5.75 Å². The van der Waals surface area contributed by atoms with Crippen LogP contribution in [0.15, 0.2) is 12.1 Å². The van der Waals surface area contributed by atoms with Crippen LogP contribution in [-0.4, -0.2) is 16.8 Å². The maximum atomic E-state index is 9.75. The second-order valence-corrected chi connectivity index (χ2v) is 5.35. The lowest BCUT2D eigenvalue weighted by atomic mass is 10.0. The second kappa shape index (κ2) is 5.47. The number of benzene rings is 1. The summed E-state index contributed by atoms with van der Waals surface area (Å²) in [5.74, 6) is 0.229. The Morgan fingerprint density at radius 3 is 2.57 bits per heavy atom. The van der Waals surface area contributed by atoms with Crippen molar-refractivity contribution in [3.63, 3.8) is 0 Å². The van der Waals surface area contributed by atoms with Gasteiger partial charge in [-0.1, -0.05) is 0 Å². The summed E-state index contributed by atoms with van der Waals surface area (Å²) in [6.45, 7) is 0.0304. The van der Waals surface area contributed by atoms with Crippen LogP contribution in [0.2, 0.25) is 0 Å². The first kappa shape index (κ1) is 12.5. The van der Waals surface area contributed by atoms with Gasteiger partial charge in [0.25, 0.3) is 0 Å². The molecule has 0 saturated carbocycles. The van der Waals surface area contributed by atoms with Crippen LogP contribution >= 0.6 is 45.2 Å². The van der Waals surface area contributed by atoms with Crippen molar-refractivity contribution in [3.05, 3.63) is 24.8 Å². The molecular formula is C9H11I2NO2. The number of rotatable bonds is 3. The summed E-state index contributed by atoms with van der Waals surface area (Å²) in [7, 11) is 0. The fourth-order valence-corrected chi connectivity index (χ4v) is 3.05. The number of nitrogens with two attached hydrogens (primary N) is 1. The first-order valence-corrected chi connectivity index (χ1v) is 6.26. The molecule has 0 aliphatic carbocycles. The van der Waals surface area contributed by atoms with Gasteiger partial charge in [-0.05, 0) is 63.7 Å². The van der Waals surface area contributed by atoms with E-state index in [1.165, 1.54) is 0 Å². The molecule has 1 rings (SSSR count). The smallest absolute Gasteiger partial charge is 0.133 e. The molecule has 0 radical (unpaired) electrons. The molecule has 0 aliphatic rings. The zero-order valence-electron chi connectivity index (χ0n) is 7.37. The molecule has 0 fully saturated rings. The fraction of sp³-hybridized carbons (Fsp3) is 0.333. The van der Waals surface area contributed by atoms with Crippen LogP contribution in [0.1, 0.15) is 18.0 Å². The molecule has 0 amide bonds. The van der Waals surface area contributed by atoms with E-state index in [4.69, 9.17) is 10.8 Å². The lowest BCUT2D eigenvalue weighted by Crippen LogP contribution is -2.12. The van der Waals surface area contributed by atoms with Gasteiger partial charge in [-0.15, -0.1) is 0 Å². The Balaban J connectivity index is 3.07. The Morgan fingerprint density at radius 2 is 2.00 bits per heavy atom. The van der Waals surface area contributed by atoms with E-state index in [1.54, 1.807) is 0 Å². The zero-order valence-corrected chi connectivity index (χ0v) is 11.7. The molecule has 1 atom stereocenters. The molecule has 0 aromatic heterocycles. The van der Waals surface area contributed by atoms with Gasteiger partial charge in [-0.3, -0.25) is 0 Å². The Kier molecular flexibility index (Phi) is 4.88. The molecule has 5 heteroatoms. The third kappa shape index (κ3) is 2.94. The average molecular weight is 419 g/mol. The maximum Gasteiger partial charge on any atom is 0.133 e. The summed E-state index contributed by atoms with van der Waals surface area (Å²) in [6, 6.07) is 3.42. The minimum absolute atomic E-state index is 0.0304. The molecule has 0 saturated heterocycles. The molecule has 0 bridgehead atoms. The van der Waals surface area contributed by atoms with Crippen molar-refractivity contribution in [1.82, 2.24) is 0 Å². The topological polar surface area (TPSA) is 66.5 Å². The monoisotopic (exact) mass is 419 g/mol. The van der Waals surface area contributed by atoms with Crippen LogP contribution in [0, 0.1) is 7.14 Å². The fourth-order valence-electron chi connectivity index (χ4n) is 1.16. The van der Waals surface area contributed by atoms with Gasteiger partial charge >= 0.3 is 0 Å². The highest BCUT2D eigenvalue weighted by Gasteiger charge is 2.13. The van der Waals surface area contributed by atoms with E-state index in [0.29, 0.717) is 12.0 Å². The van der Waals surface area contributed by atoms with E-state index in [9.17, 15) is 5.11 Å². The molecule has 0 heterocycles. The summed E-state index contributed by atoms with van der Waals surface area (Å²) in [6.07, 6.45) is 0.462. The van der Waals surface area contributed by atoms with Gasteiger partial charge in [0.2, 0.25) is 0 Å². The number of aliphatic hydroxyl groups excluding tert-OH is 1. The minimum Gasteiger partial charge on any atom is -0.506 e. The van der Waals surface area contributed by atoms with E-state index in [0.717, 1.165) is 7.14 Å². The van der Waals surface area contributed by atoms with E-state index in [-0.39, 0.29) is 18.4 Å². The predicted octanol–water partition coefficient (Wildman–Crippen LogP) is 1.98. The third-order valence-corrected chi connectivity index (χ3v) is 3.34. The number of halogens is 2. The molecule has 0 unspecified atom stereocenters. The summed E-state index contributed by atoms with van der Waals surface area (Å²) in [5, 5.41) is 18.5. The second-order valence-electron chi connectivity index (χ2n) is 2.94. The largest absolute Gasteiger partial charge is 0.506 e. The number of hydrogen-bond donors (Lipinski definition) is 3.